The predicted octanol–water partition coefficient (Wildman–Crippen LogP) is 2.86. The molecule has 4 nitrogen and oxygen atoms in total. The van der Waals surface area contributed by atoms with Crippen LogP contribution in [-0.4, -0.2) is 28.1 Å². The minimum Gasteiger partial charge on any atom is -0.309 e. The molecular formula is C13H19N3OS. The van der Waals surface area contributed by atoms with Crippen LogP contribution in [0.15, 0.2) is 0 Å². The van der Waals surface area contributed by atoms with Crippen molar-refractivity contribution in [3.05, 3.63) is 11.3 Å². The molecule has 1 aromatic heterocycles. The Bertz CT molecular complexity index is 453. The van der Waals surface area contributed by atoms with E-state index in [-0.39, 0.29) is 5.91 Å². The van der Waals surface area contributed by atoms with Crippen molar-refractivity contribution >= 4 is 23.5 Å². The highest BCUT2D eigenvalue weighted by molar-refractivity contribution is 7.98. The van der Waals surface area contributed by atoms with Crippen molar-refractivity contribution in [2.45, 2.75) is 43.9 Å². The zero-order valence-electron chi connectivity index (χ0n) is 10.7. The number of rotatable bonds is 4. The number of fused-ring (bicyclic) bond motifs is 1. The fourth-order valence-electron chi connectivity index (χ4n) is 2.90. The van der Waals surface area contributed by atoms with Gasteiger partial charge in [-0.25, -0.2) is 0 Å². The Kier molecular flexibility index (Phi) is 3.33. The normalized spacial score (nSPS) is 23.4. The van der Waals surface area contributed by atoms with E-state index in [1.54, 1.807) is 0 Å². The first-order valence-electron chi connectivity index (χ1n) is 6.66. The Morgan fingerprint density at radius 3 is 2.94 bits per heavy atom. The molecule has 2 heterocycles. The number of hydrogen-bond acceptors (Lipinski definition) is 3. The molecule has 1 aliphatic carbocycles. The lowest BCUT2D eigenvalue weighted by atomic mass is 9.78. The molecule has 98 valence electrons. The van der Waals surface area contributed by atoms with Gasteiger partial charge in [0.2, 0.25) is 5.91 Å². The van der Waals surface area contributed by atoms with E-state index < -0.39 is 0 Å². The number of nitrogens with zero attached hydrogens (tertiary/aromatic N) is 1. The van der Waals surface area contributed by atoms with Crippen molar-refractivity contribution in [3.8, 4) is 0 Å². The Balaban J connectivity index is 1.89. The summed E-state index contributed by atoms with van der Waals surface area (Å²) in [6, 6.07) is 0. The molecule has 0 spiro atoms. The molecule has 1 saturated carbocycles. The van der Waals surface area contributed by atoms with E-state index in [0.717, 1.165) is 18.0 Å². The lowest BCUT2D eigenvalue weighted by Crippen LogP contribution is -2.24. The van der Waals surface area contributed by atoms with E-state index in [1.165, 1.54) is 30.5 Å². The lowest BCUT2D eigenvalue weighted by Gasteiger charge is -2.29. The summed E-state index contributed by atoms with van der Waals surface area (Å²) in [6.45, 7) is 0. The van der Waals surface area contributed by atoms with Gasteiger partial charge in [-0.05, 0) is 37.2 Å². The maximum absolute atomic E-state index is 11.7. The van der Waals surface area contributed by atoms with Crippen molar-refractivity contribution in [2.24, 2.45) is 0 Å². The number of amides is 1. The van der Waals surface area contributed by atoms with Crippen molar-refractivity contribution < 1.29 is 4.79 Å². The topological polar surface area (TPSA) is 57.8 Å². The molecule has 5 heteroatoms. The van der Waals surface area contributed by atoms with Crippen LogP contribution in [0, 0.1) is 0 Å². The third-order valence-electron chi connectivity index (χ3n) is 4.12. The average molecular weight is 265 g/mol. The van der Waals surface area contributed by atoms with E-state index in [2.05, 4.69) is 21.8 Å². The van der Waals surface area contributed by atoms with Crippen molar-refractivity contribution in [3.63, 3.8) is 0 Å². The molecule has 3 rings (SSSR count). The van der Waals surface area contributed by atoms with E-state index in [9.17, 15) is 4.79 Å². The van der Waals surface area contributed by atoms with E-state index in [0.29, 0.717) is 18.3 Å². The Labute approximate surface area is 111 Å². The Morgan fingerprint density at radius 1 is 1.44 bits per heavy atom. The molecule has 0 aromatic carbocycles. The third kappa shape index (κ3) is 2.05. The molecule has 1 amide bonds. The fraction of sp³-hybridized carbons (Fsp3) is 0.692. The van der Waals surface area contributed by atoms with Gasteiger partial charge in [0.05, 0.1) is 0 Å². The van der Waals surface area contributed by atoms with Gasteiger partial charge in [-0.15, -0.1) is 0 Å². The number of carbonyl (C=O) groups is 1. The highest BCUT2D eigenvalue weighted by atomic mass is 32.2. The molecule has 1 atom stereocenters. The smallest absolute Gasteiger partial charge is 0.226 e. The van der Waals surface area contributed by atoms with Crippen LogP contribution >= 0.6 is 11.8 Å². The van der Waals surface area contributed by atoms with Gasteiger partial charge in [-0.1, -0.05) is 6.42 Å². The predicted molar refractivity (Wildman–Crippen MR) is 74.2 cm³/mol. The van der Waals surface area contributed by atoms with Crippen LogP contribution in [0.5, 0.6) is 0 Å². The van der Waals surface area contributed by atoms with E-state index in [4.69, 9.17) is 0 Å². The molecule has 0 saturated heterocycles. The van der Waals surface area contributed by atoms with Gasteiger partial charge < -0.3 is 5.32 Å². The number of carbonyl (C=O) groups excluding carboxylic acids is 1. The summed E-state index contributed by atoms with van der Waals surface area (Å²) in [4.78, 5) is 11.7. The molecule has 0 bridgehead atoms. The monoisotopic (exact) mass is 265 g/mol. The number of H-pyrrole nitrogens is 1. The van der Waals surface area contributed by atoms with Crippen LogP contribution in [0.4, 0.5) is 5.82 Å². The summed E-state index contributed by atoms with van der Waals surface area (Å²) in [5.74, 6) is 3.01. The van der Waals surface area contributed by atoms with Crippen molar-refractivity contribution in [1.29, 1.82) is 0 Å². The summed E-state index contributed by atoms with van der Waals surface area (Å²) in [5, 5.41) is 10.4. The fourth-order valence-corrected chi connectivity index (χ4v) is 3.42. The van der Waals surface area contributed by atoms with Gasteiger partial charge in [0.15, 0.2) is 5.82 Å². The molecule has 1 aromatic rings. The third-order valence-corrected chi connectivity index (χ3v) is 4.76. The number of nitrogens with one attached hydrogen (secondary N) is 2. The summed E-state index contributed by atoms with van der Waals surface area (Å²) in [7, 11) is 0. The second kappa shape index (κ2) is 4.96. The molecule has 1 fully saturated rings. The van der Waals surface area contributed by atoms with Gasteiger partial charge in [0, 0.05) is 23.6 Å². The van der Waals surface area contributed by atoms with Crippen LogP contribution < -0.4 is 5.32 Å². The summed E-state index contributed by atoms with van der Waals surface area (Å²) in [6.07, 6.45) is 7.65. The number of anilines is 1. The zero-order chi connectivity index (χ0) is 12.5. The molecule has 2 aliphatic rings. The standard InChI is InChI=1S/C13H19N3OS/c1-18-6-5-9-7-10(17)14-13-11(9)12(15-16-13)8-3-2-4-8/h8-9H,2-7H2,1H3,(H2,14,15,16,17). The molecule has 18 heavy (non-hydrogen) atoms. The van der Waals surface area contributed by atoms with Gasteiger partial charge in [-0.2, -0.15) is 16.9 Å². The average Bonchev–Trinajstić information content (AvgIpc) is 2.67. The lowest BCUT2D eigenvalue weighted by molar-refractivity contribution is -0.116. The largest absolute Gasteiger partial charge is 0.309 e. The van der Waals surface area contributed by atoms with Crippen molar-refractivity contribution in [2.75, 3.05) is 17.3 Å². The molecule has 2 N–H and O–H groups in total. The number of hydrogen-bond donors (Lipinski definition) is 2. The molecule has 1 aliphatic heterocycles. The molecule has 0 radical (unpaired) electrons. The second-order valence-corrected chi connectivity index (χ2v) is 6.24. The Hall–Kier alpha value is -0.970. The number of aromatic nitrogens is 2. The van der Waals surface area contributed by atoms with Crippen LogP contribution in [0.3, 0.4) is 0 Å². The maximum atomic E-state index is 11.7. The summed E-state index contributed by atoms with van der Waals surface area (Å²) < 4.78 is 0. The summed E-state index contributed by atoms with van der Waals surface area (Å²) in [5.41, 5.74) is 2.59. The van der Waals surface area contributed by atoms with Crippen LogP contribution in [0.1, 0.15) is 55.2 Å². The zero-order valence-corrected chi connectivity index (χ0v) is 11.5. The first-order chi connectivity index (χ1) is 8.79. The summed E-state index contributed by atoms with van der Waals surface area (Å²) >= 11 is 1.85. The quantitative estimate of drug-likeness (QED) is 0.880. The number of aromatic amines is 1. The highest BCUT2D eigenvalue weighted by Crippen LogP contribution is 2.44. The van der Waals surface area contributed by atoms with E-state index >= 15 is 0 Å². The molecule has 1 unspecified atom stereocenters. The Morgan fingerprint density at radius 2 is 2.28 bits per heavy atom. The van der Waals surface area contributed by atoms with Gasteiger partial charge >= 0.3 is 0 Å². The van der Waals surface area contributed by atoms with Gasteiger partial charge in [-0.3, -0.25) is 9.89 Å². The van der Waals surface area contributed by atoms with Crippen molar-refractivity contribution in [1.82, 2.24) is 10.2 Å². The van der Waals surface area contributed by atoms with Gasteiger partial charge in [0.25, 0.3) is 0 Å². The van der Waals surface area contributed by atoms with E-state index in [1.807, 2.05) is 11.8 Å². The SMILES string of the molecule is CSCCC1CC(=O)Nc2n[nH]c(C3CCC3)c21. The molecular weight excluding hydrogens is 246 g/mol. The van der Waals surface area contributed by atoms with Gasteiger partial charge in [0.1, 0.15) is 0 Å². The highest BCUT2D eigenvalue weighted by Gasteiger charge is 2.34. The first kappa shape index (κ1) is 12.1. The van der Waals surface area contributed by atoms with Crippen LogP contribution in [0.25, 0.3) is 0 Å². The maximum Gasteiger partial charge on any atom is 0.226 e. The minimum atomic E-state index is 0.111. The number of thioether (sulfide) groups is 1. The van der Waals surface area contributed by atoms with Crippen LogP contribution in [-0.2, 0) is 4.79 Å². The first-order valence-corrected chi connectivity index (χ1v) is 8.06. The second-order valence-electron chi connectivity index (χ2n) is 5.26. The minimum absolute atomic E-state index is 0.111. The van der Waals surface area contributed by atoms with Crippen LogP contribution in [0.2, 0.25) is 0 Å².